The molecule has 74 heavy (non-hydrogen) atoms. The van der Waals surface area contributed by atoms with Crippen molar-refractivity contribution in [3.8, 4) is 0 Å². The Morgan fingerprint density at radius 3 is 0.838 bits per heavy atom. The summed E-state index contributed by atoms with van der Waals surface area (Å²) in [6.07, 6.45) is 82.7. The monoisotopic (exact) mass is 1030 g/mol. The van der Waals surface area contributed by atoms with Crippen molar-refractivity contribution in [1.29, 1.82) is 0 Å². The van der Waals surface area contributed by atoms with Crippen molar-refractivity contribution >= 4 is 17.9 Å². The lowest BCUT2D eigenvalue weighted by Gasteiger charge is -2.18. The highest BCUT2D eigenvalue weighted by Gasteiger charge is 2.19. The quantitative estimate of drug-likeness (QED) is 0.0261. The third-order valence-electron chi connectivity index (χ3n) is 13.3. The Labute approximate surface area is 457 Å². The number of allylic oxidation sites excluding steroid dienone is 16. The van der Waals surface area contributed by atoms with Gasteiger partial charge in [0.2, 0.25) is 0 Å². The zero-order chi connectivity index (χ0) is 53.6. The van der Waals surface area contributed by atoms with Crippen LogP contribution < -0.4 is 0 Å². The molecule has 0 saturated carbocycles. The minimum Gasteiger partial charge on any atom is -0.462 e. The second kappa shape index (κ2) is 61.9. The zero-order valence-electron chi connectivity index (χ0n) is 48.6. The minimum atomic E-state index is -0.790. The van der Waals surface area contributed by atoms with E-state index < -0.39 is 6.10 Å². The van der Waals surface area contributed by atoms with Gasteiger partial charge in [0.25, 0.3) is 0 Å². The second-order valence-electron chi connectivity index (χ2n) is 20.5. The van der Waals surface area contributed by atoms with E-state index in [4.69, 9.17) is 14.2 Å². The van der Waals surface area contributed by atoms with Crippen LogP contribution in [0, 0.1) is 0 Å². The van der Waals surface area contributed by atoms with Gasteiger partial charge < -0.3 is 14.2 Å². The van der Waals surface area contributed by atoms with Crippen molar-refractivity contribution in [2.75, 3.05) is 13.2 Å². The van der Waals surface area contributed by atoms with E-state index in [-0.39, 0.29) is 31.1 Å². The SMILES string of the molecule is CC/C=C\C/C=C\C/C=C\C/C=C\CCCCCCCCCCCCCCCCC(=O)OCC(COC(=O)CCCCCCC/C=C\CCCCCCC)OC(=O)CCCCCCC/C=C\C/C=C\C/C=C\CC. The molecule has 0 amide bonds. The number of carbonyl (C=O) groups excluding carboxylic acids is 3. The summed E-state index contributed by atoms with van der Waals surface area (Å²) in [6.45, 7) is 6.40. The predicted molar refractivity (Wildman–Crippen MR) is 320 cm³/mol. The van der Waals surface area contributed by atoms with E-state index in [0.29, 0.717) is 19.3 Å². The summed E-state index contributed by atoms with van der Waals surface area (Å²) in [6, 6.07) is 0. The fraction of sp³-hybridized carbons (Fsp3) is 0.721. The van der Waals surface area contributed by atoms with Gasteiger partial charge in [-0.05, 0) is 116 Å². The lowest BCUT2D eigenvalue weighted by Crippen LogP contribution is -2.30. The van der Waals surface area contributed by atoms with Crippen molar-refractivity contribution < 1.29 is 28.6 Å². The Bertz CT molecular complexity index is 1460. The van der Waals surface area contributed by atoms with Crippen molar-refractivity contribution in [2.45, 2.75) is 303 Å². The van der Waals surface area contributed by atoms with Crippen LogP contribution >= 0.6 is 0 Å². The molecule has 0 aliphatic carbocycles. The summed E-state index contributed by atoms with van der Waals surface area (Å²) in [7, 11) is 0. The molecule has 0 aromatic rings. The number of ether oxygens (including phenoxy) is 3. The molecular weight excluding hydrogens is 913 g/mol. The molecule has 0 radical (unpaired) electrons. The molecule has 6 nitrogen and oxygen atoms in total. The molecule has 0 spiro atoms. The third kappa shape index (κ3) is 59.2. The summed E-state index contributed by atoms with van der Waals surface area (Å²) >= 11 is 0. The highest BCUT2D eigenvalue weighted by Crippen LogP contribution is 2.16. The van der Waals surface area contributed by atoms with E-state index in [9.17, 15) is 14.4 Å². The fourth-order valence-electron chi connectivity index (χ4n) is 8.68. The predicted octanol–water partition coefficient (Wildman–Crippen LogP) is 21.3. The van der Waals surface area contributed by atoms with Crippen LogP contribution in [0.3, 0.4) is 0 Å². The maximum Gasteiger partial charge on any atom is 0.306 e. The highest BCUT2D eigenvalue weighted by molar-refractivity contribution is 5.71. The van der Waals surface area contributed by atoms with E-state index in [1.807, 2.05) is 0 Å². The van der Waals surface area contributed by atoms with Gasteiger partial charge in [-0.3, -0.25) is 14.4 Å². The molecule has 0 rings (SSSR count). The smallest absolute Gasteiger partial charge is 0.306 e. The van der Waals surface area contributed by atoms with Crippen LogP contribution in [-0.2, 0) is 28.6 Å². The molecule has 0 aromatic heterocycles. The average molecular weight is 1030 g/mol. The first kappa shape index (κ1) is 70.3. The van der Waals surface area contributed by atoms with Crippen molar-refractivity contribution in [3.05, 3.63) is 97.2 Å². The normalized spacial score (nSPS) is 12.7. The molecule has 0 fully saturated rings. The number of esters is 3. The Morgan fingerprint density at radius 2 is 0.527 bits per heavy atom. The van der Waals surface area contributed by atoms with Crippen molar-refractivity contribution in [2.24, 2.45) is 0 Å². The molecular formula is C68H116O6. The molecule has 0 N–H and O–H groups in total. The van der Waals surface area contributed by atoms with Gasteiger partial charge in [0.15, 0.2) is 6.10 Å². The summed E-state index contributed by atoms with van der Waals surface area (Å²) in [5, 5.41) is 0. The van der Waals surface area contributed by atoms with E-state index in [1.165, 1.54) is 128 Å². The fourth-order valence-corrected chi connectivity index (χ4v) is 8.68. The highest BCUT2D eigenvalue weighted by atomic mass is 16.6. The molecule has 0 bridgehead atoms. The number of rotatable bonds is 56. The average Bonchev–Trinajstić information content (AvgIpc) is 3.40. The number of hydrogen-bond acceptors (Lipinski definition) is 6. The van der Waals surface area contributed by atoms with E-state index in [2.05, 4.69) is 118 Å². The van der Waals surface area contributed by atoms with Crippen molar-refractivity contribution in [1.82, 2.24) is 0 Å². The van der Waals surface area contributed by atoms with Gasteiger partial charge in [0.1, 0.15) is 13.2 Å². The Kier molecular flexibility index (Phi) is 58.8. The van der Waals surface area contributed by atoms with E-state index >= 15 is 0 Å². The minimum absolute atomic E-state index is 0.0863. The number of unbranched alkanes of at least 4 members (excludes halogenated alkanes) is 29. The molecule has 0 aliphatic heterocycles. The maximum absolute atomic E-state index is 12.9. The Balaban J connectivity index is 4.28. The summed E-state index contributed by atoms with van der Waals surface area (Å²) in [5.74, 6) is -0.905. The largest absolute Gasteiger partial charge is 0.462 e. The van der Waals surface area contributed by atoms with Crippen LogP contribution in [0.15, 0.2) is 97.2 Å². The summed E-state index contributed by atoms with van der Waals surface area (Å²) in [5.41, 5.74) is 0. The van der Waals surface area contributed by atoms with E-state index in [0.717, 1.165) is 128 Å². The third-order valence-corrected chi connectivity index (χ3v) is 13.3. The maximum atomic E-state index is 12.9. The van der Waals surface area contributed by atoms with Gasteiger partial charge in [-0.2, -0.15) is 0 Å². The zero-order valence-corrected chi connectivity index (χ0v) is 48.6. The number of carbonyl (C=O) groups is 3. The van der Waals surface area contributed by atoms with Gasteiger partial charge in [-0.25, -0.2) is 0 Å². The Morgan fingerprint density at radius 1 is 0.284 bits per heavy atom. The van der Waals surface area contributed by atoms with Crippen LogP contribution in [0.1, 0.15) is 297 Å². The molecule has 0 heterocycles. The molecule has 6 heteroatoms. The van der Waals surface area contributed by atoms with Crippen molar-refractivity contribution in [3.63, 3.8) is 0 Å². The standard InChI is InChI=1S/C68H116O6/c1-4-7-10-13-16-19-22-25-28-29-30-31-32-33-34-35-36-37-38-39-41-43-46-49-52-55-58-61-67(70)73-64-65(63-72-66(69)60-57-54-51-48-45-42-27-24-21-18-15-12-9-6-3)74-68(71)62-59-56-53-50-47-44-40-26-23-20-17-14-11-8-5-2/h7-8,10-11,16-17,19-20,24-28,30-31,40,65H,4-6,9,12-15,18,21-23,29,32-39,41-64H2,1-3H3/b10-7-,11-8-,19-16-,20-17-,27-24-,28-25-,31-30-,40-26-. The van der Waals surface area contributed by atoms with Gasteiger partial charge in [-0.15, -0.1) is 0 Å². The lowest BCUT2D eigenvalue weighted by molar-refractivity contribution is -0.167. The number of hydrogen-bond donors (Lipinski definition) is 0. The van der Waals surface area contributed by atoms with E-state index in [1.54, 1.807) is 0 Å². The first-order valence-corrected chi connectivity index (χ1v) is 31.2. The van der Waals surface area contributed by atoms with Crippen LogP contribution in [0.4, 0.5) is 0 Å². The summed E-state index contributed by atoms with van der Waals surface area (Å²) < 4.78 is 16.9. The van der Waals surface area contributed by atoms with Crippen LogP contribution in [0.5, 0.6) is 0 Å². The first-order valence-electron chi connectivity index (χ1n) is 31.2. The summed E-state index contributed by atoms with van der Waals surface area (Å²) in [4.78, 5) is 38.2. The molecule has 424 valence electrons. The molecule has 0 aromatic carbocycles. The van der Waals surface area contributed by atoms with Crippen LogP contribution in [0.25, 0.3) is 0 Å². The van der Waals surface area contributed by atoms with Gasteiger partial charge in [0.05, 0.1) is 0 Å². The Hall–Kier alpha value is -3.67. The van der Waals surface area contributed by atoms with Gasteiger partial charge >= 0.3 is 17.9 Å². The molecule has 1 atom stereocenters. The van der Waals surface area contributed by atoms with Gasteiger partial charge in [-0.1, -0.05) is 259 Å². The molecule has 0 aliphatic rings. The van der Waals surface area contributed by atoms with Crippen LogP contribution in [-0.4, -0.2) is 37.2 Å². The lowest BCUT2D eigenvalue weighted by atomic mass is 10.0. The topological polar surface area (TPSA) is 78.9 Å². The molecule has 0 saturated heterocycles. The van der Waals surface area contributed by atoms with Gasteiger partial charge in [0, 0.05) is 19.3 Å². The second-order valence-corrected chi connectivity index (χ2v) is 20.5. The first-order chi connectivity index (χ1) is 36.5. The van der Waals surface area contributed by atoms with Crippen LogP contribution in [0.2, 0.25) is 0 Å². The molecule has 1 unspecified atom stereocenters.